The molecule has 0 saturated heterocycles. The van der Waals surface area contributed by atoms with E-state index in [0.717, 1.165) is 83.4 Å². The van der Waals surface area contributed by atoms with Crippen LogP contribution in [0.3, 0.4) is 0 Å². The minimum atomic E-state index is 0.850. The Labute approximate surface area is 334 Å². The van der Waals surface area contributed by atoms with E-state index in [4.69, 9.17) is 8.83 Å². The van der Waals surface area contributed by atoms with Crippen LogP contribution >= 0.6 is 0 Å². The normalized spacial score (nSPS) is 11.8. The molecule has 0 atom stereocenters. The molecule has 272 valence electrons. The van der Waals surface area contributed by atoms with Crippen LogP contribution in [-0.4, -0.2) is 4.57 Å². The van der Waals surface area contributed by atoms with Crippen LogP contribution in [0.4, 0.5) is 17.1 Å². The quantitative estimate of drug-likeness (QED) is 0.170. The Morgan fingerprint density at radius 3 is 1.78 bits per heavy atom. The average molecular weight is 743 g/mol. The van der Waals surface area contributed by atoms with Gasteiger partial charge < -0.3 is 13.7 Å². The van der Waals surface area contributed by atoms with Gasteiger partial charge in [0.15, 0.2) is 5.58 Å². The number of hydrogen-bond acceptors (Lipinski definition) is 3. The fourth-order valence-electron chi connectivity index (χ4n) is 8.97. The second kappa shape index (κ2) is 12.9. The van der Waals surface area contributed by atoms with Gasteiger partial charge in [0.25, 0.3) is 0 Å². The second-order valence-corrected chi connectivity index (χ2v) is 14.9. The Balaban J connectivity index is 1.01. The smallest absolute Gasteiger partial charge is 0.213 e. The summed E-state index contributed by atoms with van der Waals surface area (Å²) in [5, 5.41) is 8.08. The number of furan rings is 2. The third-order valence-electron chi connectivity index (χ3n) is 11.6. The highest BCUT2D eigenvalue weighted by Crippen LogP contribution is 2.45. The zero-order valence-electron chi connectivity index (χ0n) is 31.3. The van der Waals surface area contributed by atoms with Crippen LogP contribution in [0.15, 0.2) is 215 Å². The molecular weight excluding hydrogens is 709 g/mol. The summed E-state index contributed by atoms with van der Waals surface area (Å²) in [5.74, 6) is 0. The molecule has 4 nitrogen and oxygen atoms in total. The lowest BCUT2D eigenvalue weighted by atomic mass is 9.98. The summed E-state index contributed by atoms with van der Waals surface area (Å²) in [6, 6.07) is 73.0. The molecule has 0 radical (unpaired) electrons. The maximum Gasteiger partial charge on any atom is 0.213 e. The van der Waals surface area contributed by atoms with Gasteiger partial charge in [0, 0.05) is 44.2 Å². The minimum Gasteiger partial charge on any atom is -0.454 e. The molecule has 0 fully saturated rings. The van der Waals surface area contributed by atoms with E-state index in [2.05, 4.69) is 198 Å². The molecule has 3 heterocycles. The van der Waals surface area contributed by atoms with Crippen molar-refractivity contribution in [2.45, 2.75) is 0 Å². The van der Waals surface area contributed by atoms with E-state index in [-0.39, 0.29) is 0 Å². The Bertz CT molecular complexity index is 3490. The molecule has 0 bridgehead atoms. The monoisotopic (exact) mass is 742 g/mol. The zero-order chi connectivity index (χ0) is 38.2. The highest BCUT2D eigenvalue weighted by Gasteiger charge is 2.23. The number of nitrogens with zero attached hydrogens (tertiary/aromatic N) is 2. The van der Waals surface area contributed by atoms with Crippen molar-refractivity contribution in [3.8, 4) is 27.9 Å². The number of rotatable bonds is 6. The summed E-state index contributed by atoms with van der Waals surface area (Å²) in [4.78, 5) is 2.30. The Kier molecular flexibility index (Phi) is 7.20. The summed E-state index contributed by atoms with van der Waals surface area (Å²) in [7, 11) is 0. The lowest BCUT2D eigenvalue weighted by molar-refractivity contribution is 0.646. The summed E-state index contributed by atoms with van der Waals surface area (Å²) in [5.41, 5.74) is 13.2. The van der Waals surface area contributed by atoms with Crippen LogP contribution in [-0.2, 0) is 0 Å². The van der Waals surface area contributed by atoms with E-state index in [0.29, 0.717) is 0 Å². The van der Waals surface area contributed by atoms with E-state index in [1.807, 2.05) is 18.2 Å². The molecule has 3 aromatic heterocycles. The third-order valence-corrected chi connectivity index (χ3v) is 11.6. The SMILES string of the molecule is c1ccc(-n2c3ccccc3c3c4cccc(-c5ccc(N(c6ccc(-c7cccc8ccccc78)cc6)c6cccc7c6oc6ccccc67)cc5)c4oc32)cc1. The molecule has 12 rings (SSSR count). The highest BCUT2D eigenvalue weighted by atomic mass is 16.3. The molecule has 9 aromatic carbocycles. The first-order valence-corrected chi connectivity index (χ1v) is 19.7. The average Bonchev–Trinajstić information content (AvgIpc) is 3.97. The second-order valence-electron chi connectivity index (χ2n) is 14.9. The molecule has 0 N–H and O–H groups in total. The molecular formula is C54H34N2O2. The van der Waals surface area contributed by atoms with Crippen LogP contribution in [0.25, 0.3) is 93.6 Å². The zero-order valence-corrected chi connectivity index (χ0v) is 31.3. The number of para-hydroxylation sites is 5. The number of anilines is 3. The van der Waals surface area contributed by atoms with Gasteiger partial charge in [0.05, 0.1) is 16.6 Å². The molecule has 0 spiro atoms. The summed E-state index contributed by atoms with van der Waals surface area (Å²) < 4.78 is 15.8. The third kappa shape index (κ3) is 4.95. The van der Waals surface area contributed by atoms with Gasteiger partial charge in [0.2, 0.25) is 5.71 Å². The fourth-order valence-corrected chi connectivity index (χ4v) is 8.97. The molecule has 4 heteroatoms. The summed E-state index contributed by atoms with van der Waals surface area (Å²) >= 11 is 0. The van der Waals surface area contributed by atoms with Crippen LogP contribution < -0.4 is 4.90 Å². The molecule has 0 amide bonds. The van der Waals surface area contributed by atoms with Crippen molar-refractivity contribution in [3.05, 3.63) is 206 Å². The maximum atomic E-state index is 6.92. The number of benzene rings is 9. The van der Waals surface area contributed by atoms with Gasteiger partial charge >= 0.3 is 0 Å². The lowest BCUT2D eigenvalue weighted by Gasteiger charge is -2.26. The topological polar surface area (TPSA) is 34.5 Å². The van der Waals surface area contributed by atoms with Crippen LogP contribution in [0, 0.1) is 0 Å². The molecule has 0 aliphatic rings. The van der Waals surface area contributed by atoms with Crippen molar-refractivity contribution in [1.29, 1.82) is 0 Å². The standard InChI is InChI=1S/C54H34N2O2/c1-2-15-38(16-3-1)56-48-24-8-6-19-46(48)51-47-23-11-21-43(52(47)58-54(51)56)37-29-33-40(34-30-37)55(49-25-12-22-45-44-18-7-9-26-50(44)57-53(45)49)39-31-27-36(28-32-39)42-20-10-14-35-13-4-5-17-41(35)42/h1-34H. The maximum absolute atomic E-state index is 6.92. The molecule has 12 aromatic rings. The number of hydrogen-bond donors (Lipinski definition) is 0. The van der Waals surface area contributed by atoms with Crippen molar-refractivity contribution in [2.75, 3.05) is 4.90 Å². The van der Waals surface area contributed by atoms with Crippen molar-refractivity contribution < 1.29 is 8.83 Å². The lowest BCUT2D eigenvalue weighted by Crippen LogP contribution is -2.10. The van der Waals surface area contributed by atoms with E-state index >= 15 is 0 Å². The van der Waals surface area contributed by atoms with Crippen molar-refractivity contribution in [2.24, 2.45) is 0 Å². The molecule has 58 heavy (non-hydrogen) atoms. The van der Waals surface area contributed by atoms with Gasteiger partial charge in [-0.25, -0.2) is 0 Å². The van der Waals surface area contributed by atoms with Gasteiger partial charge in [-0.3, -0.25) is 4.57 Å². The summed E-state index contributed by atoms with van der Waals surface area (Å²) in [6.07, 6.45) is 0. The predicted octanol–water partition coefficient (Wildman–Crippen LogP) is 15.4. The molecule has 0 aliphatic heterocycles. The first-order valence-electron chi connectivity index (χ1n) is 19.7. The first-order chi connectivity index (χ1) is 28.8. The van der Waals surface area contributed by atoms with Gasteiger partial charge in [0.1, 0.15) is 11.2 Å². The summed E-state index contributed by atoms with van der Waals surface area (Å²) in [6.45, 7) is 0. The predicted molar refractivity (Wildman–Crippen MR) is 241 cm³/mol. The van der Waals surface area contributed by atoms with E-state index in [1.165, 1.54) is 27.3 Å². The molecule has 0 aliphatic carbocycles. The van der Waals surface area contributed by atoms with E-state index in [9.17, 15) is 0 Å². The van der Waals surface area contributed by atoms with Gasteiger partial charge in [-0.1, -0.05) is 152 Å². The van der Waals surface area contributed by atoms with Crippen molar-refractivity contribution in [3.63, 3.8) is 0 Å². The van der Waals surface area contributed by atoms with Crippen molar-refractivity contribution in [1.82, 2.24) is 4.57 Å². The fraction of sp³-hybridized carbons (Fsp3) is 0. The number of fused-ring (bicyclic) bond motifs is 9. The van der Waals surface area contributed by atoms with Crippen LogP contribution in [0.5, 0.6) is 0 Å². The Hall–Kier alpha value is -7.82. The first kappa shape index (κ1) is 32.4. The van der Waals surface area contributed by atoms with E-state index < -0.39 is 0 Å². The van der Waals surface area contributed by atoms with Gasteiger partial charge in [-0.15, -0.1) is 0 Å². The highest BCUT2D eigenvalue weighted by molar-refractivity contribution is 6.21. The van der Waals surface area contributed by atoms with Crippen LogP contribution in [0.1, 0.15) is 0 Å². The van der Waals surface area contributed by atoms with Gasteiger partial charge in [-0.2, -0.15) is 0 Å². The van der Waals surface area contributed by atoms with Gasteiger partial charge in [-0.05, 0) is 82.1 Å². The van der Waals surface area contributed by atoms with E-state index in [1.54, 1.807) is 0 Å². The Morgan fingerprint density at radius 2 is 0.966 bits per heavy atom. The van der Waals surface area contributed by atoms with Crippen molar-refractivity contribution >= 4 is 82.7 Å². The molecule has 0 saturated carbocycles. The minimum absolute atomic E-state index is 0.850. The van der Waals surface area contributed by atoms with Crippen LogP contribution in [0.2, 0.25) is 0 Å². The molecule has 0 unspecified atom stereocenters. The number of aromatic nitrogens is 1. The Morgan fingerprint density at radius 1 is 0.379 bits per heavy atom. The largest absolute Gasteiger partial charge is 0.454 e.